The molecular formula is C15H14BrN3O2. The van der Waals surface area contributed by atoms with Gasteiger partial charge in [0.15, 0.2) is 0 Å². The van der Waals surface area contributed by atoms with Gasteiger partial charge in [0, 0.05) is 18.6 Å². The van der Waals surface area contributed by atoms with E-state index >= 15 is 0 Å². The lowest BCUT2D eigenvalue weighted by Gasteiger charge is -2.09. The van der Waals surface area contributed by atoms with Crippen molar-refractivity contribution in [3.8, 4) is 23.4 Å². The first-order valence-electron chi connectivity index (χ1n) is 6.45. The van der Waals surface area contributed by atoms with E-state index in [2.05, 4.69) is 38.9 Å². The minimum Gasteiger partial charge on any atom is -0.497 e. The Balaban J connectivity index is 2.31. The normalized spacial score (nSPS) is 10.0. The summed E-state index contributed by atoms with van der Waals surface area (Å²) in [6.07, 6.45) is 1.73. The molecule has 21 heavy (non-hydrogen) atoms. The van der Waals surface area contributed by atoms with Crippen LogP contribution in [0.5, 0.6) is 17.4 Å². The van der Waals surface area contributed by atoms with Crippen LogP contribution in [0.25, 0.3) is 0 Å². The quantitative estimate of drug-likeness (QED) is 0.768. The fourth-order valence-corrected chi connectivity index (χ4v) is 2.16. The van der Waals surface area contributed by atoms with E-state index in [1.54, 1.807) is 31.4 Å². The molecule has 0 radical (unpaired) electrons. The third-order valence-corrected chi connectivity index (χ3v) is 3.06. The molecule has 0 N–H and O–H groups in total. The van der Waals surface area contributed by atoms with Crippen LogP contribution in [0.1, 0.15) is 24.7 Å². The maximum atomic E-state index is 9.01. The van der Waals surface area contributed by atoms with Gasteiger partial charge in [-0.25, -0.2) is 4.98 Å². The third kappa shape index (κ3) is 4.17. The highest BCUT2D eigenvalue weighted by Gasteiger charge is 2.07. The summed E-state index contributed by atoms with van der Waals surface area (Å²) in [4.78, 5) is 8.62. The Labute approximate surface area is 131 Å². The van der Waals surface area contributed by atoms with E-state index in [1.807, 2.05) is 0 Å². The van der Waals surface area contributed by atoms with Crippen molar-refractivity contribution in [3.05, 3.63) is 40.3 Å². The first-order valence-corrected chi connectivity index (χ1v) is 7.24. The second-order valence-corrected chi connectivity index (χ2v) is 5.12. The van der Waals surface area contributed by atoms with Crippen LogP contribution < -0.4 is 9.47 Å². The summed E-state index contributed by atoms with van der Waals surface area (Å²) >= 11 is 3.34. The number of benzene rings is 1. The first kappa shape index (κ1) is 15.3. The largest absolute Gasteiger partial charge is 0.497 e. The molecule has 108 valence electrons. The number of nitriles is 1. The smallest absolute Gasteiger partial charge is 0.223 e. The monoisotopic (exact) mass is 347 g/mol. The van der Waals surface area contributed by atoms with E-state index in [0.717, 1.165) is 12.8 Å². The molecule has 0 bridgehead atoms. The van der Waals surface area contributed by atoms with Crippen LogP contribution in [0.4, 0.5) is 0 Å². The van der Waals surface area contributed by atoms with E-state index < -0.39 is 0 Å². The van der Waals surface area contributed by atoms with E-state index in [9.17, 15) is 0 Å². The van der Waals surface area contributed by atoms with Gasteiger partial charge in [-0.05, 0) is 34.5 Å². The highest BCUT2D eigenvalue weighted by Crippen LogP contribution is 2.27. The summed E-state index contributed by atoms with van der Waals surface area (Å²) in [6.45, 7) is 2.06. The van der Waals surface area contributed by atoms with Crippen LogP contribution in [0, 0.1) is 11.3 Å². The Kier molecular flexibility index (Phi) is 5.12. The van der Waals surface area contributed by atoms with Crippen LogP contribution in [0.15, 0.2) is 28.9 Å². The van der Waals surface area contributed by atoms with Crippen molar-refractivity contribution in [2.24, 2.45) is 0 Å². The molecule has 2 aromatic rings. The number of hydrogen-bond acceptors (Lipinski definition) is 5. The fraction of sp³-hybridized carbons (Fsp3) is 0.267. The number of hydrogen-bond donors (Lipinski definition) is 0. The molecule has 0 atom stereocenters. The zero-order chi connectivity index (χ0) is 15.2. The second-order valence-electron chi connectivity index (χ2n) is 4.31. The minimum atomic E-state index is 0.428. The first-order chi connectivity index (χ1) is 10.1. The number of aryl methyl sites for hydroxylation is 1. The molecule has 1 aromatic carbocycles. The Morgan fingerprint density at radius 1 is 1.19 bits per heavy atom. The molecule has 0 aliphatic carbocycles. The van der Waals surface area contributed by atoms with E-state index in [1.165, 1.54) is 0 Å². The van der Waals surface area contributed by atoms with Crippen LogP contribution in [-0.2, 0) is 6.42 Å². The molecule has 0 unspecified atom stereocenters. The summed E-state index contributed by atoms with van der Waals surface area (Å²) in [5, 5.41) is 9.01. The van der Waals surface area contributed by atoms with Crippen molar-refractivity contribution in [1.29, 1.82) is 5.26 Å². The Morgan fingerprint density at radius 3 is 2.62 bits per heavy atom. The molecule has 1 aromatic heterocycles. The zero-order valence-electron chi connectivity index (χ0n) is 11.8. The number of aromatic nitrogens is 2. The maximum absolute atomic E-state index is 9.01. The highest BCUT2D eigenvalue weighted by atomic mass is 79.9. The standard InChI is InChI=1S/C15H14BrN3O2/c1-3-4-14-18-13(16)8-15(19-14)21-12-6-10(9-17)5-11(7-12)20-2/h5-8H,3-4H2,1-2H3. The van der Waals surface area contributed by atoms with Gasteiger partial charge >= 0.3 is 0 Å². The third-order valence-electron chi connectivity index (χ3n) is 2.66. The topological polar surface area (TPSA) is 68.0 Å². The van der Waals surface area contributed by atoms with E-state index in [-0.39, 0.29) is 0 Å². The van der Waals surface area contributed by atoms with E-state index in [4.69, 9.17) is 14.7 Å². The average Bonchev–Trinajstić information content (AvgIpc) is 2.46. The molecule has 6 heteroatoms. The van der Waals surface area contributed by atoms with Gasteiger partial charge in [-0.2, -0.15) is 10.2 Å². The van der Waals surface area contributed by atoms with Gasteiger partial charge < -0.3 is 9.47 Å². The molecule has 2 rings (SSSR count). The van der Waals surface area contributed by atoms with Gasteiger partial charge in [0.1, 0.15) is 21.9 Å². The molecular weight excluding hydrogens is 334 g/mol. The molecule has 0 spiro atoms. The number of rotatable bonds is 5. The maximum Gasteiger partial charge on any atom is 0.223 e. The Bertz CT molecular complexity index is 683. The Hall–Kier alpha value is -2.13. The van der Waals surface area contributed by atoms with E-state index in [0.29, 0.717) is 33.4 Å². The van der Waals surface area contributed by atoms with Crippen molar-refractivity contribution in [1.82, 2.24) is 9.97 Å². The van der Waals surface area contributed by atoms with Crippen LogP contribution in [-0.4, -0.2) is 17.1 Å². The predicted octanol–water partition coefficient (Wildman–Crippen LogP) is 3.86. The van der Waals surface area contributed by atoms with Gasteiger partial charge in [-0.15, -0.1) is 0 Å². The molecule has 1 heterocycles. The van der Waals surface area contributed by atoms with Crippen LogP contribution in [0.3, 0.4) is 0 Å². The lowest BCUT2D eigenvalue weighted by atomic mass is 10.2. The fourth-order valence-electron chi connectivity index (χ4n) is 1.76. The summed E-state index contributed by atoms with van der Waals surface area (Å²) in [6, 6.07) is 8.74. The molecule has 0 fully saturated rings. The van der Waals surface area contributed by atoms with Crippen molar-refractivity contribution in [2.75, 3.05) is 7.11 Å². The summed E-state index contributed by atoms with van der Waals surface area (Å²) in [7, 11) is 1.54. The van der Waals surface area contributed by atoms with Crippen molar-refractivity contribution < 1.29 is 9.47 Å². The van der Waals surface area contributed by atoms with Crippen molar-refractivity contribution >= 4 is 15.9 Å². The molecule has 0 aliphatic heterocycles. The van der Waals surface area contributed by atoms with Gasteiger partial charge in [-0.3, -0.25) is 0 Å². The summed E-state index contributed by atoms with van der Waals surface area (Å²) in [5.74, 6) is 2.20. The van der Waals surface area contributed by atoms with Crippen LogP contribution >= 0.6 is 15.9 Å². The summed E-state index contributed by atoms with van der Waals surface area (Å²) in [5.41, 5.74) is 0.464. The van der Waals surface area contributed by atoms with Gasteiger partial charge in [0.2, 0.25) is 5.88 Å². The highest BCUT2D eigenvalue weighted by molar-refractivity contribution is 9.10. The number of halogens is 1. The Morgan fingerprint density at radius 2 is 1.95 bits per heavy atom. The molecule has 5 nitrogen and oxygen atoms in total. The molecule has 0 saturated heterocycles. The van der Waals surface area contributed by atoms with Crippen LogP contribution in [0.2, 0.25) is 0 Å². The second kappa shape index (κ2) is 7.04. The lowest BCUT2D eigenvalue weighted by molar-refractivity contribution is 0.406. The SMILES string of the molecule is CCCc1nc(Br)cc(Oc2cc(C#N)cc(OC)c2)n1. The summed E-state index contributed by atoms with van der Waals surface area (Å²) < 4.78 is 11.5. The van der Waals surface area contributed by atoms with Crippen molar-refractivity contribution in [3.63, 3.8) is 0 Å². The van der Waals surface area contributed by atoms with Gasteiger partial charge in [0.25, 0.3) is 0 Å². The lowest BCUT2D eigenvalue weighted by Crippen LogP contribution is -1.98. The molecule has 0 amide bonds. The molecule has 0 aliphatic rings. The number of nitrogens with zero attached hydrogens (tertiary/aromatic N) is 3. The molecule has 0 saturated carbocycles. The van der Waals surface area contributed by atoms with Gasteiger partial charge in [-0.1, -0.05) is 6.92 Å². The predicted molar refractivity (Wildman–Crippen MR) is 81.5 cm³/mol. The van der Waals surface area contributed by atoms with Gasteiger partial charge in [0.05, 0.1) is 18.7 Å². The number of methoxy groups -OCH3 is 1. The zero-order valence-corrected chi connectivity index (χ0v) is 13.3. The minimum absolute atomic E-state index is 0.428. The average molecular weight is 348 g/mol. The number of ether oxygens (including phenoxy) is 2. The van der Waals surface area contributed by atoms with Crippen molar-refractivity contribution in [2.45, 2.75) is 19.8 Å².